The Hall–Kier alpha value is -1.69. The average Bonchev–Trinajstić information content (AvgIpc) is 2.71. The topological polar surface area (TPSA) is 64.8 Å². The summed E-state index contributed by atoms with van der Waals surface area (Å²) >= 11 is 0. The number of hydrogen-bond donors (Lipinski definition) is 0. The lowest BCUT2D eigenvalue weighted by Crippen LogP contribution is -2.13. The Bertz CT molecular complexity index is 561. The minimum atomic E-state index is -3.58. The summed E-state index contributed by atoms with van der Waals surface area (Å²) in [6.45, 7) is 1.83. The van der Waals surface area contributed by atoms with E-state index < -0.39 is 10.0 Å². The molecule has 15 heavy (non-hydrogen) atoms. The standard InChI is InChI=1S/C9H9N3O2S/c1-8-3-2-4-9(7-8)15(13,14)12-6-5-10-11-12/h2-7H,1H3. The van der Waals surface area contributed by atoms with Crippen LogP contribution >= 0.6 is 0 Å². The first-order chi connectivity index (χ1) is 7.10. The third kappa shape index (κ3) is 1.75. The maximum atomic E-state index is 11.9. The van der Waals surface area contributed by atoms with Gasteiger partial charge in [-0.1, -0.05) is 17.3 Å². The second-order valence-electron chi connectivity index (χ2n) is 3.10. The highest BCUT2D eigenvalue weighted by molar-refractivity contribution is 7.89. The molecule has 0 bridgehead atoms. The van der Waals surface area contributed by atoms with Gasteiger partial charge in [0, 0.05) is 0 Å². The van der Waals surface area contributed by atoms with Gasteiger partial charge in [0.15, 0.2) is 0 Å². The highest BCUT2D eigenvalue weighted by Crippen LogP contribution is 2.13. The van der Waals surface area contributed by atoms with E-state index >= 15 is 0 Å². The van der Waals surface area contributed by atoms with Crippen LogP contribution in [0.4, 0.5) is 0 Å². The molecular weight excluding hydrogens is 214 g/mol. The monoisotopic (exact) mass is 223 g/mol. The van der Waals surface area contributed by atoms with Crippen LogP contribution in [-0.2, 0) is 10.0 Å². The van der Waals surface area contributed by atoms with E-state index in [1.165, 1.54) is 18.5 Å². The molecule has 1 aromatic carbocycles. The maximum absolute atomic E-state index is 11.9. The summed E-state index contributed by atoms with van der Waals surface area (Å²) in [5.74, 6) is 0. The molecule has 1 aromatic heterocycles. The Morgan fingerprint density at radius 2 is 2.13 bits per heavy atom. The van der Waals surface area contributed by atoms with Crippen molar-refractivity contribution in [1.29, 1.82) is 0 Å². The maximum Gasteiger partial charge on any atom is 0.284 e. The van der Waals surface area contributed by atoms with Gasteiger partial charge < -0.3 is 0 Å². The summed E-state index contributed by atoms with van der Waals surface area (Å²) in [7, 11) is -3.58. The zero-order valence-corrected chi connectivity index (χ0v) is 8.85. The van der Waals surface area contributed by atoms with Crippen LogP contribution in [0.15, 0.2) is 41.6 Å². The fraction of sp³-hybridized carbons (Fsp3) is 0.111. The fourth-order valence-electron chi connectivity index (χ4n) is 1.21. The molecule has 0 spiro atoms. The minimum absolute atomic E-state index is 0.216. The third-order valence-corrected chi connectivity index (χ3v) is 3.47. The summed E-state index contributed by atoms with van der Waals surface area (Å²) in [5, 5.41) is 6.94. The number of nitrogens with zero attached hydrogens (tertiary/aromatic N) is 3. The molecule has 0 unspecified atom stereocenters. The number of aromatic nitrogens is 3. The number of hydrogen-bond acceptors (Lipinski definition) is 4. The molecule has 5 nitrogen and oxygen atoms in total. The molecule has 0 saturated carbocycles. The second-order valence-corrected chi connectivity index (χ2v) is 4.89. The Morgan fingerprint density at radius 1 is 1.33 bits per heavy atom. The molecule has 0 saturated heterocycles. The van der Waals surface area contributed by atoms with Gasteiger partial charge in [0.1, 0.15) is 0 Å². The lowest BCUT2D eigenvalue weighted by Gasteiger charge is -2.03. The van der Waals surface area contributed by atoms with E-state index in [2.05, 4.69) is 10.3 Å². The van der Waals surface area contributed by atoms with Gasteiger partial charge in [0.2, 0.25) is 0 Å². The van der Waals surface area contributed by atoms with Gasteiger partial charge in [-0.3, -0.25) is 0 Å². The van der Waals surface area contributed by atoms with Gasteiger partial charge in [-0.2, -0.15) is 8.42 Å². The van der Waals surface area contributed by atoms with E-state index in [1.807, 2.05) is 13.0 Å². The molecule has 0 aliphatic rings. The molecule has 1 heterocycles. The Balaban J connectivity index is 2.57. The van der Waals surface area contributed by atoms with Crippen LogP contribution in [0.2, 0.25) is 0 Å². The summed E-state index contributed by atoms with van der Waals surface area (Å²) in [6, 6.07) is 6.65. The van der Waals surface area contributed by atoms with Gasteiger partial charge in [-0.15, -0.1) is 9.19 Å². The molecule has 78 valence electrons. The first-order valence-corrected chi connectivity index (χ1v) is 5.73. The highest BCUT2D eigenvalue weighted by Gasteiger charge is 2.16. The number of aryl methyl sites for hydroxylation is 1. The van der Waals surface area contributed by atoms with Gasteiger partial charge in [0.05, 0.1) is 17.3 Å². The van der Waals surface area contributed by atoms with E-state index in [9.17, 15) is 8.42 Å². The minimum Gasteiger partial charge on any atom is -0.199 e. The van der Waals surface area contributed by atoms with Crippen molar-refractivity contribution < 1.29 is 8.42 Å². The predicted octanol–water partition coefficient (Wildman–Crippen LogP) is 0.824. The second kappa shape index (κ2) is 3.47. The van der Waals surface area contributed by atoms with Crippen LogP contribution in [0.25, 0.3) is 0 Å². The largest absolute Gasteiger partial charge is 0.284 e. The molecule has 0 aliphatic heterocycles. The normalized spacial score (nSPS) is 11.5. The first-order valence-electron chi connectivity index (χ1n) is 4.29. The Kier molecular flexibility index (Phi) is 2.28. The van der Waals surface area contributed by atoms with Crippen LogP contribution in [-0.4, -0.2) is 22.8 Å². The fourth-order valence-corrected chi connectivity index (χ4v) is 2.36. The van der Waals surface area contributed by atoms with Crippen molar-refractivity contribution in [3.63, 3.8) is 0 Å². The van der Waals surface area contributed by atoms with Crippen LogP contribution in [0.3, 0.4) is 0 Å². The lowest BCUT2D eigenvalue weighted by atomic mass is 10.2. The van der Waals surface area contributed by atoms with E-state index in [1.54, 1.807) is 12.1 Å². The molecule has 0 radical (unpaired) electrons. The van der Waals surface area contributed by atoms with Gasteiger partial charge in [-0.05, 0) is 24.6 Å². The molecule has 0 N–H and O–H groups in total. The van der Waals surface area contributed by atoms with E-state index in [-0.39, 0.29) is 4.90 Å². The van der Waals surface area contributed by atoms with Crippen LogP contribution in [0, 0.1) is 6.92 Å². The smallest absolute Gasteiger partial charge is 0.199 e. The molecule has 2 aromatic rings. The van der Waals surface area contributed by atoms with Crippen molar-refractivity contribution in [1.82, 2.24) is 14.4 Å². The number of benzene rings is 1. The lowest BCUT2D eigenvalue weighted by molar-refractivity contribution is 0.577. The van der Waals surface area contributed by atoms with Gasteiger partial charge in [-0.25, -0.2) is 0 Å². The first kappa shape index (κ1) is 9.85. The average molecular weight is 223 g/mol. The zero-order valence-electron chi connectivity index (χ0n) is 8.03. The van der Waals surface area contributed by atoms with Crippen molar-refractivity contribution in [2.45, 2.75) is 11.8 Å². The Morgan fingerprint density at radius 3 is 2.73 bits per heavy atom. The van der Waals surface area contributed by atoms with Crippen molar-refractivity contribution in [3.8, 4) is 0 Å². The molecule has 0 atom stereocenters. The van der Waals surface area contributed by atoms with Crippen molar-refractivity contribution >= 4 is 10.0 Å². The molecule has 2 rings (SSSR count). The quantitative estimate of drug-likeness (QED) is 0.756. The van der Waals surface area contributed by atoms with Crippen LogP contribution in [0.5, 0.6) is 0 Å². The van der Waals surface area contributed by atoms with Crippen molar-refractivity contribution in [3.05, 3.63) is 42.2 Å². The molecule has 0 amide bonds. The molecule has 0 fully saturated rings. The third-order valence-electron chi connectivity index (χ3n) is 1.93. The zero-order chi connectivity index (χ0) is 10.9. The van der Waals surface area contributed by atoms with E-state index in [0.717, 1.165) is 9.65 Å². The number of rotatable bonds is 2. The van der Waals surface area contributed by atoms with E-state index in [4.69, 9.17) is 0 Å². The van der Waals surface area contributed by atoms with Crippen LogP contribution in [0.1, 0.15) is 5.56 Å². The summed E-state index contributed by atoms with van der Waals surface area (Å²) < 4.78 is 24.7. The molecule has 0 aliphatic carbocycles. The van der Waals surface area contributed by atoms with Crippen molar-refractivity contribution in [2.75, 3.05) is 0 Å². The molecule has 6 heteroatoms. The summed E-state index contributed by atoms with van der Waals surface area (Å²) in [6.07, 6.45) is 2.63. The van der Waals surface area contributed by atoms with Crippen molar-refractivity contribution in [2.24, 2.45) is 0 Å². The molecular formula is C9H9N3O2S. The van der Waals surface area contributed by atoms with Gasteiger partial charge >= 0.3 is 0 Å². The SMILES string of the molecule is Cc1cccc(S(=O)(=O)n2ccnn2)c1. The Labute approximate surface area is 87.4 Å². The van der Waals surface area contributed by atoms with Crippen LogP contribution < -0.4 is 0 Å². The highest BCUT2D eigenvalue weighted by atomic mass is 32.2. The summed E-state index contributed by atoms with van der Waals surface area (Å²) in [5.41, 5.74) is 0.885. The van der Waals surface area contributed by atoms with Gasteiger partial charge in [0.25, 0.3) is 10.0 Å². The summed E-state index contributed by atoms with van der Waals surface area (Å²) in [4.78, 5) is 0.216. The van der Waals surface area contributed by atoms with E-state index in [0.29, 0.717) is 0 Å². The predicted molar refractivity (Wildman–Crippen MR) is 53.8 cm³/mol.